The normalized spacial score (nSPS) is 12.2. The van der Waals surface area contributed by atoms with Crippen LogP contribution in [0.4, 0.5) is 0 Å². The number of ether oxygens (including phenoxy) is 1. The van der Waals surface area contributed by atoms with E-state index < -0.39 is 0 Å². The van der Waals surface area contributed by atoms with Crippen LogP contribution in [0.3, 0.4) is 0 Å². The Balaban J connectivity index is 2.26. The van der Waals surface area contributed by atoms with Gasteiger partial charge in [0.25, 0.3) is 0 Å². The van der Waals surface area contributed by atoms with Gasteiger partial charge in [0.2, 0.25) is 0 Å². The zero-order valence-electron chi connectivity index (χ0n) is 11.2. The molecule has 0 heterocycles. The second kappa shape index (κ2) is 6.22. The molecule has 19 heavy (non-hydrogen) atoms. The van der Waals surface area contributed by atoms with Crippen LogP contribution >= 0.6 is 15.9 Å². The van der Waals surface area contributed by atoms with Crippen LogP contribution in [0.1, 0.15) is 22.7 Å². The first-order valence-electron chi connectivity index (χ1n) is 6.26. The first-order chi connectivity index (χ1) is 9.13. The molecule has 2 aromatic rings. The molecule has 0 spiro atoms. The summed E-state index contributed by atoms with van der Waals surface area (Å²) in [4.78, 5) is 0. The summed E-state index contributed by atoms with van der Waals surface area (Å²) in [6.07, 6.45) is 0.756. The Hall–Kier alpha value is -1.32. The van der Waals surface area contributed by atoms with Gasteiger partial charge in [-0.15, -0.1) is 0 Å². The molecule has 2 nitrogen and oxygen atoms in total. The molecule has 3 heteroatoms. The molecule has 0 saturated carbocycles. The molecular weight excluding hydrogens is 302 g/mol. The first kappa shape index (κ1) is 14.1. The molecule has 0 fully saturated rings. The van der Waals surface area contributed by atoms with Gasteiger partial charge >= 0.3 is 0 Å². The molecule has 2 aromatic carbocycles. The predicted octanol–water partition coefficient (Wildman–Crippen LogP) is 4.01. The van der Waals surface area contributed by atoms with Crippen LogP contribution in [-0.4, -0.2) is 7.11 Å². The van der Waals surface area contributed by atoms with E-state index in [0.717, 1.165) is 27.8 Å². The van der Waals surface area contributed by atoms with Gasteiger partial charge in [0.05, 0.1) is 7.11 Å². The summed E-state index contributed by atoms with van der Waals surface area (Å²) >= 11 is 3.62. The molecule has 0 radical (unpaired) electrons. The van der Waals surface area contributed by atoms with Gasteiger partial charge in [-0.1, -0.05) is 52.3 Å². The Morgan fingerprint density at radius 3 is 2.63 bits per heavy atom. The molecule has 1 unspecified atom stereocenters. The maximum Gasteiger partial charge on any atom is 0.122 e. The number of halogens is 1. The Bertz CT molecular complexity index is 568. The minimum absolute atomic E-state index is 0.0504. The van der Waals surface area contributed by atoms with Crippen LogP contribution in [0.25, 0.3) is 0 Å². The molecule has 0 amide bonds. The lowest BCUT2D eigenvalue weighted by Crippen LogP contribution is -2.14. The van der Waals surface area contributed by atoms with Crippen molar-refractivity contribution < 1.29 is 4.74 Å². The second-order valence-electron chi connectivity index (χ2n) is 4.60. The number of rotatable bonds is 4. The van der Waals surface area contributed by atoms with Gasteiger partial charge < -0.3 is 10.5 Å². The first-order valence-corrected chi connectivity index (χ1v) is 7.05. The van der Waals surface area contributed by atoms with Crippen LogP contribution in [-0.2, 0) is 6.42 Å². The Labute approximate surface area is 122 Å². The van der Waals surface area contributed by atoms with Crippen LogP contribution in [0.2, 0.25) is 0 Å². The monoisotopic (exact) mass is 319 g/mol. The van der Waals surface area contributed by atoms with Gasteiger partial charge in [0.15, 0.2) is 0 Å². The van der Waals surface area contributed by atoms with Gasteiger partial charge in [-0.3, -0.25) is 0 Å². The van der Waals surface area contributed by atoms with Gasteiger partial charge in [0.1, 0.15) is 5.75 Å². The van der Waals surface area contributed by atoms with E-state index in [0.29, 0.717) is 0 Å². The fraction of sp³-hybridized carbons (Fsp3) is 0.250. The lowest BCUT2D eigenvalue weighted by atomic mass is 9.98. The van der Waals surface area contributed by atoms with E-state index >= 15 is 0 Å². The summed E-state index contributed by atoms with van der Waals surface area (Å²) in [6.45, 7) is 2.07. The maximum atomic E-state index is 6.33. The van der Waals surface area contributed by atoms with Crippen LogP contribution < -0.4 is 10.5 Å². The van der Waals surface area contributed by atoms with Crippen molar-refractivity contribution in [2.75, 3.05) is 7.11 Å². The lowest BCUT2D eigenvalue weighted by molar-refractivity contribution is 0.408. The van der Waals surface area contributed by atoms with Crippen molar-refractivity contribution in [1.82, 2.24) is 0 Å². The molecule has 0 saturated heterocycles. The molecule has 0 aliphatic rings. The van der Waals surface area contributed by atoms with Crippen LogP contribution in [0.5, 0.6) is 5.75 Å². The highest BCUT2D eigenvalue weighted by atomic mass is 79.9. The highest BCUT2D eigenvalue weighted by Gasteiger charge is 2.13. The zero-order chi connectivity index (χ0) is 13.8. The van der Waals surface area contributed by atoms with Crippen molar-refractivity contribution in [3.05, 3.63) is 63.6 Å². The third-order valence-corrected chi connectivity index (χ3v) is 4.34. The molecule has 0 bridgehead atoms. The minimum atomic E-state index is -0.0504. The van der Waals surface area contributed by atoms with E-state index in [9.17, 15) is 0 Å². The average molecular weight is 320 g/mol. The zero-order valence-corrected chi connectivity index (χ0v) is 12.8. The number of nitrogens with two attached hydrogens (primary N) is 1. The van der Waals surface area contributed by atoms with E-state index in [1.165, 1.54) is 5.56 Å². The standard InChI is InChI=1S/C16H18BrNO/c1-11-6-5-8-13(16(11)17)14(18)10-12-7-3-4-9-15(12)19-2/h3-9,14H,10,18H2,1-2H3. The summed E-state index contributed by atoms with van der Waals surface area (Å²) < 4.78 is 6.46. The van der Waals surface area contributed by atoms with Gasteiger partial charge in [-0.25, -0.2) is 0 Å². The van der Waals surface area contributed by atoms with Gasteiger partial charge in [-0.2, -0.15) is 0 Å². The summed E-state index contributed by atoms with van der Waals surface area (Å²) in [5, 5.41) is 0. The largest absolute Gasteiger partial charge is 0.496 e. The smallest absolute Gasteiger partial charge is 0.122 e. The van der Waals surface area contributed by atoms with Crippen molar-refractivity contribution in [3.8, 4) is 5.75 Å². The third-order valence-electron chi connectivity index (χ3n) is 3.25. The minimum Gasteiger partial charge on any atom is -0.496 e. The molecule has 0 aromatic heterocycles. The summed E-state index contributed by atoms with van der Waals surface area (Å²) in [7, 11) is 1.69. The van der Waals surface area contributed by atoms with Gasteiger partial charge in [0, 0.05) is 10.5 Å². The molecule has 0 aliphatic carbocycles. The van der Waals surface area contributed by atoms with Crippen molar-refractivity contribution in [1.29, 1.82) is 0 Å². The van der Waals surface area contributed by atoms with E-state index in [-0.39, 0.29) is 6.04 Å². The van der Waals surface area contributed by atoms with Crippen molar-refractivity contribution in [3.63, 3.8) is 0 Å². The number of para-hydroxylation sites is 1. The molecular formula is C16H18BrNO. The number of hydrogen-bond donors (Lipinski definition) is 1. The van der Waals surface area contributed by atoms with E-state index in [1.807, 2.05) is 24.3 Å². The highest BCUT2D eigenvalue weighted by Crippen LogP contribution is 2.29. The van der Waals surface area contributed by atoms with Crippen LogP contribution in [0.15, 0.2) is 46.9 Å². The molecule has 2 N–H and O–H groups in total. The molecule has 100 valence electrons. The Morgan fingerprint density at radius 2 is 1.89 bits per heavy atom. The topological polar surface area (TPSA) is 35.2 Å². The number of hydrogen-bond acceptors (Lipinski definition) is 2. The molecule has 0 aliphatic heterocycles. The lowest BCUT2D eigenvalue weighted by Gasteiger charge is -2.17. The summed E-state index contributed by atoms with van der Waals surface area (Å²) in [5.41, 5.74) is 9.80. The van der Waals surface area contributed by atoms with E-state index in [2.05, 4.69) is 41.1 Å². The maximum absolute atomic E-state index is 6.33. The Morgan fingerprint density at radius 1 is 1.16 bits per heavy atom. The fourth-order valence-corrected chi connectivity index (χ4v) is 2.73. The average Bonchev–Trinajstić information content (AvgIpc) is 2.42. The van der Waals surface area contributed by atoms with Crippen molar-refractivity contribution in [2.45, 2.75) is 19.4 Å². The van der Waals surface area contributed by atoms with Crippen molar-refractivity contribution >= 4 is 15.9 Å². The van der Waals surface area contributed by atoms with Crippen LogP contribution in [0, 0.1) is 6.92 Å². The SMILES string of the molecule is COc1ccccc1CC(N)c1cccc(C)c1Br. The Kier molecular flexibility index (Phi) is 4.61. The summed E-state index contributed by atoms with van der Waals surface area (Å²) in [6, 6.07) is 14.1. The van der Waals surface area contributed by atoms with E-state index in [1.54, 1.807) is 7.11 Å². The number of benzene rings is 2. The quantitative estimate of drug-likeness (QED) is 0.924. The fourth-order valence-electron chi connectivity index (χ4n) is 2.17. The van der Waals surface area contributed by atoms with Gasteiger partial charge in [-0.05, 0) is 36.1 Å². The van der Waals surface area contributed by atoms with E-state index in [4.69, 9.17) is 10.5 Å². The predicted molar refractivity (Wildman–Crippen MR) is 82.5 cm³/mol. The molecule has 1 atom stereocenters. The molecule has 2 rings (SSSR count). The second-order valence-corrected chi connectivity index (χ2v) is 5.39. The summed E-state index contributed by atoms with van der Waals surface area (Å²) in [5.74, 6) is 0.890. The highest BCUT2D eigenvalue weighted by molar-refractivity contribution is 9.10. The number of aryl methyl sites for hydroxylation is 1. The van der Waals surface area contributed by atoms with Crippen molar-refractivity contribution in [2.24, 2.45) is 5.73 Å². The number of methoxy groups -OCH3 is 1. The third kappa shape index (κ3) is 3.17.